The van der Waals surface area contributed by atoms with Crippen LogP contribution in [-0.4, -0.2) is 48.8 Å². The Labute approximate surface area is 134 Å². The Morgan fingerprint density at radius 1 is 1.43 bits per heavy atom. The first-order chi connectivity index (χ1) is 10.8. The molecular weight excluding hydrogens is 330 g/mol. The molecular formula is C14H20F2N2O4S. The van der Waals surface area contributed by atoms with E-state index in [1.54, 1.807) is 0 Å². The molecule has 1 saturated heterocycles. The molecule has 1 N–H and O–H groups in total. The van der Waals surface area contributed by atoms with Crippen LogP contribution in [0.5, 0.6) is 5.75 Å². The van der Waals surface area contributed by atoms with Crippen LogP contribution in [0.1, 0.15) is 30.5 Å². The van der Waals surface area contributed by atoms with E-state index in [1.165, 1.54) is 16.8 Å². The van der Waals surface area contributed by atoms with Gasteiger partial charge in [-0.25, -0.2) is 21.5 Å². The fraction of sp³-hybridized carbons (Fsp3) is 0.643. The fourth-order valence-electron chi connectivity index (χ4n) is 2.50. The predicted octanol–water partition coefficient (Wildman–Crippen LogP) is 1.56. The Balaban J connectivity index is 1.94. The topological polar surface area (TPSA) is 79.7 Å². The molecule has 2 rings (SSSR count). The number of aliphatic hydroxyl groups excluding tert-OH is 1. The molecule has 1 fully saturated rings. The first-order valence-corrected chi connectivity index (χ1v) is 9.12. The van der Waals surface area contributed by atoms with Gasteiger partial charge in [0.2, 0.25) is 10.0 Å². The monoisotopic (exact) mass is 350 g/mol. The lowest BCUT2D eigenvalue weighted by Gasteiger charge is -2.30. The Morgan fingerprint density at radius 2 is 2.09 bits per heavy atom. The second-order valence-electron chi connectivity index (χ2n) is 5.59. The van der Waals surface area contributed by atoms with Crippen LogP contribution in [0.2, 0.25) is 0 Å². The lowest BCUT2D eigenvalue weighted by atomic mass is 9.99. The van der Waals surface area contributed by atoms with Gasteiger partial charge in [-0.2, -0.15) is 0 Å². The van der Waals surface area contributed by atoms with Crippen LogP contribution in [0, 0.1) is 5.92 Å². The van der Waals surface area contributed by atoms with Gasteiger partial charge in [-0.1, -0.05) is 0 Å². The Bertz CT molecular complexity index is 632. The molecule has 130 valence electrons. The van der Waals surface area contributed by atoms with E-state index in [0.717, 1.165) is 6.07 Å². The lowest BCUT2D eigenvalue weighted by Crippen LogP contribution is -2.39. The summed E-state index contributed by atoms with van der Waals surface area (Å²) in [5.41, 5.74) is -0.133. The van der Waals surface area contributed by atoms with Gasteiger partial charge in [-0.05, 0) is 24.8 Å². The molecule has 1 aliphatic rings. The highest BCUT2D eigenvalue weighted by Gasteiger charge is 2.25. The molecule has 1 aliphatic heterocycles. The first-order valence-electron chi connectivity index (χ1n) is 7.27. The van der Waals surface area contributed by atoms with Crippen LogP contribution in [0.15, 0.2) is 12.3 Å². The van der Waals surface area contributed by atoms with Crippen LogP contribution >= 0.6 is 0 Å². The van der Waals surface area contributed by atoms with E-state index in [1.807, 2.05) is 0 Å². The number of aromatic nitrogens is 1. The van der Waals surface area contributed by atoms with Crippen molar-refractivity contribution in [3.63, 3.8) is 0 Å². The number of nitrogens with zero attached hydrogens (tertiary/aromatic N) is 2. The molecule has 9 heteroatoms. The minimum atomic E-state index is -3.18. The van der Waals surface area contributed by atoms with E-state index in [4.69, 9.17) is 9.84 Å². The first kappa shape index (κ1) is 18.0. The fourth-order valence-corrected chi connectivity index (χ4v) is 3.37. The van der Waals surface area contributed by atoms with Gasteiger partial charge in [0.25, 0.3) is 6.43 Å². The highest BCUT2D eigenvalue weighted by molar-refractivity contribution is 7.88. The van der Waals surface area contributed by atoms with E-state index in [2.05, 4.69) is 4.98 Å². The van der Waals surface area contributed by atoms with Gasteiger partial charge in [0.15, 0.2) is 0 Å². The number of pyridine rings is 1. The van der Waals surface area contributed by atoms with Gasteiger partial charge in [-0.15, -0.1) is 0 Å². The van der Waals surface area contributed by atoms with Gasteiger partial charge >= 0.3 is 0 Å². The average Bonchev–Trinajstić information content (AvgIpc) is 2.52. The zero-order chi connectivity index (χ0) is 17.0. The van der Waals surface area contributed by atoms with Crippen molar-refractivity contribution in [2.45, 2.75) is 25.9 Å². The zero-order valence-corrected chi connectivity index (χ0v) is 13.6. The quantitative estimate of drug-likeness (QED) is 0.842. The summed E-state index contributed by atoms with van der Waals surface area (Å²) in [4.78, 5) is 3.85. The van der Waals surface area contributed by atoms with Gasteiger partial charge in [-0.3, -0.25) is 4.98 Å². The molecule has 6 nitrogen and oxygen atoms in total. The summed E-state index contributed by atoms with van der Waals surface area (Å²) in [6.07, 6.45) is 0.898. The number of aliphatic hydroxyl groups is 1. The van der Waals surface area contributed by atoms with E-state index >= 15 is 0 Å². The summed E-state index contributed by atoms with van der Waals surface area (Å²) in [5.74, 6) is 0.110. The summed E-state index contributed by atoms with van der Waals surface area (Å²) in [6, 6.07) is 1.13. The van der Waals surface area contributed by atoms with E-state index < -0.39 is 23.1 Å². The van der Waals surface area contributed by atoms with Crippen LogP contribution in [0.25, 0.3) is 0 Å². The molecule has 1 aromatic heterocycles. The van der Waals surface area contributed by atoms with Gasteiger partial charge in [0.05, 0.1) is 36.9 Å². The molecule has 0 amide bonds. The highest BCUT2D eigenvalue weighted by atomic mass is 32.2. The minimum Gasteiger partial charge on any atom is -0.491 e. The van der Waals surface area contributed by atoms with Crippen molar-refractivity contribution in [1.29, 1.82) is 0 Å². The smallest absolute Gasteiger partial charge is 0.267 e. The summed E-state index contributed by atoms with van der Waals surface area (Å²) in [6.45, 7) is 0.647. The van der Waals surface area contributed by atoms with Gasteiger partial charge < -0.3 is 9.84 Å². The molecule has 0 aliphatic carbocycles. The number of ether oxygens (including phenoxy) is 1. The van der Waals surface area contributed by atoms with E-state index in [9.17, 15) is 17.2 Å². The third-order valence-corrected chi connectivity index (χ3v) is 5.17. The van der Waals surface area contributed by atoms with Crippen molar-refractivity contribution in [3.05, 3.63) is 23.5 Å². The molecule has 0 saturated carbocycles. The summed E-state index contributed by atoms with van der Waals surface area (Å²) in [5, 5.41) is 8.96. The van der Waals surface area contributed by atoms with Crippen molar-refractivity contribution in [2.24, 2.45) is 5.92 Å². The number of sulfonamides is 1. The van der Waals surface area contributed by atoms with E-state index in [0.29, 0.717) is 25.9 Å². The zero-order valence-electron chi connectivity index (χ0n) is 12.8. The van der Waals surface area contributed by atoms with Crippen molar-refractivity contribution in [2.75, 3.05) is 26.0 Å². The predicted molar refractivity (Wildman–Crippen MR) is 79.8 cm³/mol. The molecule has 0 bridgehead atoms. The number of rotatable bonds is 6. The van der Waals surface area contributed by atoms with Crippen LogP contribution in [0.3, 0.4) is 0 Å². The summed E-state index contributed by atoms with van der Waals surface area (Å²) < 4.78 is 55.8. The Kier molecular flexibility index (Phi) is 5.88. The minimum absolute atomic E-state index is 0.00254. The standard InChI is InChI=1S/C14H20F2N2O4S/c1-23(20,21)18-4-2-10(3-5-18)9-22-13-7-17-11(8-19)6-12(13)14(15)16/h6-7,10,14,19H,2-5,8-9H2,1H3. The number of alkyl halides is 2. The summed E-state index contributed by atoms with van der Waals surface area (Å²) >= 11 is 0. The third-order valence-electron chi connectivity index (χ3n) is 3.87. The Hall–Kier alpha value is -1.32. The van der Waals surface area contributed by atoms with Crippen molar-refractivity contribution in [3.8, 4) is 5.75 Å². The van der Waals surface area contributed by atoms with Crippen molar-refractivity contribution in [1.82, 2.24) is 9.29 Å². The molecule has 0 radical (unpaired) electrons. The molecule has 1 aromatic rings. The molecule has 0 aromatic carbocycles. The molecule has 23 heavy (non-hydrogen) atoms. The number of piperidine rings is 1. The summed E-state index contributed by atoms with van der Waals surface area (Å²) in [7, 11) is -3.18. The van der Waals surface area contributed by atoms with Crippen LogP contribution in [-0.2, 0) is 16.6 Å². The second kappa shape index (κ2) is 7.50. The lowest BCUT2D eigenvalue weighted by molar-refractivity contribution is 0.137. The van der Waals surface area contributed by atoms with Crippen LogP contribution < -0.4 is 4.74 Å². The molecule has 0 unspecified atom stereocenters. The molecule has 0 atom stereocenters. The number of hydrogen-bond donors (Lipinski definition) is 1. The maximum atomic E-state index is 13.0. The average molecular weight is 350 g/mol. The molecule has 0 spiro atoms. The maximum Gasteiger partial charge on any atom is 0.267 e. The molecule has 2 heterocycles. The number of halogens is 2. The van der Waals surface area contributed by atoms with Gasteiger partial charge in [0, 0.05) is 13.1 Å². The number of hydrogen-bond acceptors (Lipinski definition) is 5. The normalized spacial score (nSPS) is 17.6. The second-order valence-corrected chi connectivity index (χ2v) is 7.57. The highest BCUT2D eigenvalue weighted by Crippen LogP contribution is 2.30. The van der Waals surface area contributed by atoms with E-state index in [-0.39, 0.29) is 29.5 Å². The van der Waals surface area contributed by atoms with Crippen molar-refractivity contribution < 1.29 is 27.0 Å². The largest absolute Gasteiger partial charge is 0.491 e. The van der Waals surface area contributed by atoms with Crippen LogP contribution in [0.4, 0.5) is 8.78 Å². The Morgan fingerprint density at radius 3 is 2.61 bits per heavy atom. The SMILES string of the molecule is CS(=O)(=O)N1CCC(COc2cnc(CO)cc2C(F)F)CC1. The third kappa shape index (κ3) is 4.82. The van der Waals surface area contributed by atoms with Gasteiger partial charge in [0.1, 0.15) is 5.75 Å². The van der Waals surface area contributed by atoms with Crippen molar-refractivity contribution >= 4 is 10.0 Å². The maximum absolute atomic E-state index is 13.0.